The molecule has 2 aliphatic rings. The summed E-state index contributed by atoms with van der Waals surface area (Å²) in [6.45, 7) is 6.70. The molecule has 0 heterocycles. The lowest BCUT2D eigenvalue weighted by atomic mass is 9.98. The topological polar surface area (TPSA) is 61.8 Å². The molecule has 0 aromatic heterocycles. The first-order valence-electron chi connectivity index (χ1n) is 7.59. The molecular weight excluding hydrogens is 272 g/mol. The fourth-order valence-corrected chi connectivity index (χ4v) is 3.20. The first-order valence-corrected chi connectivity index (χ1v) is 7.59. The van der Waals surface area contributed by atoms with Gasteiger partial charge in [0.15, 0.2) is 6.79 Å². The Hall–Kier alpha value is -1.36. The van der Waals surface area contributed by atoms with Gasteiger partial charge in [-0.15, -0.1) is 0 Å². The van der Waals surface area contributed by atoms with Crippen LogP contribution in [-0.4, -0.2) is 30.9 Å². The summed E-state index contributed by atoms with van der Waals surface area (Å²) in [5.41, 5.74) is 0.315. The summed E-state index contributed by atoms with van der Waals surface area (Å²) in [4.78, 5) is 22.9. The van der Waals surface area contributed by atoms with Crippen LogP contribution in [0.1, 0.15) is 46.0 Å². The quantitative estimate of drug-likeness (QED) is 0.410. The largest absolute Gasteiger partial charge is 0.459 e. The molecule has 2 saturated carbocycles. The van der Waals surface area contributed by atoms with Crippen LogP contribution in [0.4, 0.5) is 0 Å². The highest BCUT2D eigenvalue weighted by Crippen LogP contribution is 2.45. The number of fused-ring (bicyclic) bond motifs is 2. The van der Waals surface area contributed by atoms with Crippen molar-refractivity contribution in [3.05, 3.63) is 12.2 Å². The molecule has 0 aliphatic heterocycles. The molecule has 2 unspecified atom stereocenters. The predicted octanol–water partition coefficient (Wildman–Crippen LogP) is 2.59. The molecule has 118 valence electrons. The Morgan fingerprint density at radius 1 is 1.29 bits per heavy atom. The zero-order chi connectivity index (χ0) is 15.4. The van der Waals surface area contributed by atoms with E-state index in [1.807, 2.05) is 0 Å². The lowest BCUT2D eigenvalue weighted by Crippen LogP contribution is -2.24. The molecule has 5 nitrogen and oxygen atoms in total. The lowest BCUT2D eigenvalue weighted by Gasteiger charge is -2.21. The SMILES string of the molecule is C=C(C)C(=O)OC(C)CC(=O)OCOC1C[C@@H]2CC[C@H]1C2. The van der Waals surface area contributed by atoms with E-state index < -0.39 is 18.0 Å². The number of hydrogen-bond donors (Lipinski definition) is 0. The molecule has 0 saturated heterocycles. The van der Waals surface area contributed by atoms with Crippen LogP contribution in [0.2, 0.25) is 0 Å². The third kappa shape index (κ3) is 4.56. The number of esters is 2. The van der Waals surface area contributed by atoms with Crippen LogP contribution >= 0.6 is 0 Å². The summed E-state index contributed by atoms with van der Waals surface area (Å²) in [5.74, 6) is 0.537. The van der Waals surface area contributed by atoms with Crippen LogP contribution < -0.4 is 0 Å². The van der Waals surface area contributed by atoms with Crippen molar-refractivity contribution in [2.45, 2.75) is 58.2 Å². The standard InChI is InChI=1S/C16H24O5/c1-10(2)16(18)21-11(3)6-15(17)20-9-19-14-8-12-4-5-13(14)7-12/h11-14H,1,4-9H2,2-3H3/t11?,12-,13+,14?/m1/s1. The number of carbonyl (C=O) groups is 2. The van der Waals surface area contributed by atoms with Gasteiger partial charge in [0.2, 0.25) is 0 Å². The maximum Gasteiger partial charge on any atom is 0.333 e. The third-order valence-electron chi connectivity index (χ3n) is 4.29. The van der Waals surface area contributed by atoms with Crippen molar-refractivity contribution in [2.24, 2.45) is 11.8 Å². The number of ether oxygens (including phenoxy) is 3. The molecule has 0 spiro atoms. The van der Waals surface area contributed by atoms with Gasteiger partial charge in [0.1, 0.15) is 6.10 Å². The summed E-state index contributed by atoms with van der Waals surface area (Å²) >= 11 is 0. The molecule has 2 fully saturated rings. The highest BCUT2D eigenvalue weighted by atomic mass is 16.7. The van der Waals surface area contributed by atoms with E-state index in [1.165, 1.54) is 19.3 Å². The van der Waals surface area contributed by atoms with E-state index in [0.29, 0.717) is 11.5 Å². The van der Waals surface area contributed by atoms with Gasteiger partial charge in [-0.1, -0.05) is 6.58 Å². The Morgan fingerprint density at radius 2 is 2.05 bits per heavy atom. The van der Waals surface area contributed by atoms with Gasteiger partial charge in [0, 0.05) is 5.57 Å². The first kappa shape index (κ1) is 16.0. The van der Waals surface area contributed by atoms with Gasteiger partial charge >= 0.3 is 11.9 Å². The van der Waals surface area contributed by atoms with Crippen molar-refractivity contribution in [3.8, 4) is 0 Å². The van der Waals surface area contributed by atoms with Crippen LogP contribution in [0.3, 0.4) is 0 Å². The van der Waals surface area contributed by atoms with E-state index in [4.69, 9.17) is 14.2 Å². The van der Waals surface area contributed by atoms with Crippen LogP contribution in [0.25, 0.3) is 0 Å². The molecule has 0 N–H and O–H groups in total. The molecule has 5 heteroatoms. The van der Waals surface area contributed by atoms with E-state index in [9.17, 15) is 9.59 Å². The average molecular weight is 296 g/mol. The predicted molar refractivity (Wildman–Crippen MR) is 76.3 cm³/mol. The Labute approximate surface area is 125 Å². The third-order valence-corrected chi connectivity index (χ3v) is 4.29. The maximum atomic E-state index is 11.6. The molecule has 4 atom stereocenters. The molecule has 0 aromatic rings. The van der Waals surface area contributed by atoms with E-state index in [1.54, 1.807) is 13.8 Å². The number of carbonyl (C=O) groups excluding carboxylic acids is 2. The summed E-state index contributed by atoms with van der Waals surface area (Å²) < 4.78 is 15.7. The summed E-state index contributed by atoms with van der Waals surface area (Å²) in [5, 5.41) is 0. The van der Waals surface area contributed by atoms with Crippen molar-refractivity contribution < 1.29 is 23.8 Å². The highest BCUT2D eigenvalue weighted by Gasteiger charge is 2.40. The molecule has 2 bridgehead atoms. The van der Waals surface area contributed by atoms with Crippen molar-refractivity contribution >= 4 is 11.9 Å². The van der Waals surface area contributed by atoms with Gasteiger partial charge in [0.25, 0.3) is 0 Å². The van der Waals surface area contributed by atoms with Crippen molar-refractivity contribution in [2.75, 3.05) is 6.79 Å². The Morgan fingerprint density at radius 3 is 2.62 bits per heavy atom. The summed E-state index contributed by atoms with van der Waals surface area (Å²) in [6.07, 6.45) is 4.65. The van der Waals surface area contributed by atoms with Crippen LogP contribution in [0.15, 0.2) is 12.2 Å². The van der Waals surface area contributed by atoms with Gasteiger partial charge in [-0.3, -0.25) is 4.79 Å². The van der Waals surface area contributed by atoms with E-state index >= 15 is 0 Å². The Bertz CT molecular complexity index is 417. The van der Waals surface area contributed by atoms with Gasteiger partial charge in [-0.2, -0.15) is 0 Å². The minimum Gasteiger partial charge on any atom is -0.459 e. The zero-order valence-electron chi connectivity index (χ0n) is 12.8. The number of hydrogen-bond acceptors (Lipinski definition) is 5. The zero-order valence-corrected chi connectivity index (χ0v) is 12.8. The summed E-state index contributed by atoms with van der Waals surface area (Å²) in [7, 11) is 0. The lowest BCUT2D eigenvalue weighted by molar-refractivity contribution is -0.166. The van der Waals surface area contributed by atoms with Gasteiger partial charge in [-0.25, -0.2) is 4.79 Å². The second-order valence-corrected chi connectivity index (χ2v) is 6.21. The Balaban J connectivity index is 1.59. The summed E-state index contributed by atoms with van der Waals surface area (Å²) in [6, 6.07) is 0. The van der Waals surface area contributed by atoms with E-state index in [2.05, 4.69) is 6.58 Å². The van der Waals surface area contributed by atoms with Crippen molar-refractivity contribution in [3.63, 3.8) is 0 Å². The fraction of sp³-hybridized carbons (Fsp3) is 0.750. The van der Waals surface area contributed by atoms with Crippen molar-refractivity contribution in [1.29, 1.82) is 0 Å². The van der Waals surface area contributed by atoms with Gasteiger partial charge in [0.05, 0.1) is 12.5 Å². The van der Waals surface area contributed by atoms with E-state index in [-0.39, 0.29) is 19.3 Å². The first-order chi connectivity index (χ1) is 9.95. The van der Waals surface area contributed by atoms with Crippen LogP contribution in [0, 0.1) is 11.8 Å². The van der Waals surface area contributed by atoms with Crippen LogP contribution in [-0.2, 0) is 23.8 Å². The smallest absolute Gasteiger partial charge is 0.333 e. The molecule has 0 radical (unpaired) electrons. The van der Waals surface area contributed by atoms with Gasteiger partial charge < -0.3 is 14.2 Å². The average Bonchev–Trinajstić information content (AvgIpc) is 3.00. The second kappa shape index (κ2) is 7.07. The molecule has 21 heavy (non-hydrogen) atoms. The minimum absolute atomic E-state index is 0.00608. The fourth-order valence-electron chi connectivity index (χ4n) is 3.20. The number of rotatable bonds is 7. The highest BCUT2D eigenvalue weighted by molar-refractivity contribution is 5.87. The minimum atomic E-state index is -0.524. The molecule has 2 aliphatic carbocycles. The Kier molecular flexibility index (Phi) is 5.39. The monoisotopic (exact) mass is 296 g/mol. The second-order valence-electron chi connectivity index (χ2n) is 6.21. The van der Waals surface area contributed by atoms with Crippen LogP contribution in [0.5, 0.6) is 0 Å². The molecule has 0 aromatic carbocycles. The molecular formula is C16H24O5. The normalized spacial score (nSPS) is 28.2. The van der Waals surface area contributed by atoms with E-state index in [0.717, 1.165) is 12.3 Å². The van der Waals surface area contributed by atoms with Gasteiger partial charge in [-0.05, 0) is 51.4 Å². The van der Waals surface area contributed by atoms with Crippen molar-refractivity contribution in [1.82, 2.24) is 0 Å². The molecule has 2 rings (SSSR count). The molecule has 0 amide bonds. The maximum absolute atomic E-state index is 11.6.